The fourth-order valence-electron chi connectivity index (χ4n) is 6.11. The number of halogens is 1. The Balaban J connectivity index is 1.55. The van der Waals surface area contributed by atoms with Gasteiger partial charge < -0.3 is 24.2 Å². The molecular formula is C28H32ClNO5. The van der Waals surface area contributed by atoms with Gasteiger partial charge in [0.05, 0.1) is 24.0 Å². The summed E-state index contributed by atoms with van der Waals surface area (Å²) in [6.45, 7) is 6.57. The number of carboxylic acid groups (broad SMARTS) is 1. The number of fused-ring (bicyclic) bond motifs is 3. The van der Waals surface area contributed by atoms with Crippen LogP contribution in [0.4, 0.5) is 5.69 Å². The van der Waals surface area contributed by atoms with Crippen molar-refractivity contribution in [2.45, 2.75) is 43.3 Å². The fourth-order valence-corrected chi connectivity index (χ4v) is 6.30. The quantitative estimate of drug-likeness (QED) is 0.559. The molecule has 6 nitrogen and oxygen atoms in total. The van der Waals surface area contributed by atoms with E-state index in [9.17, 15) is 9.90 Å². The Bertz CT molecular complexity index is 1120. The first-order valence-corrected chi connectivity index (χ1v) is 12.6. The number of methoxy groups -OCH3 is 1. The zero-order valence-electron chi connectivity index (χ0n) is 20.0. The highest BCUT2D eigenvalue weighted by atomic mass is 35.5. The van der Waals surface area contributed by atoms with Gasteiger partial charge in [-0.15, -0.1) is 6.58 Å². The van der Waals surface area contributed by atoms with Crippen LogP contribution in [-0.4, -0.2) is 56.7 Å². The Morgan fingerprint density at radius 2 is 2.23 bits per heavy atom. The van der Waals surface area contributed by atoms with Gasteiger partial charge in [0.1, 0.15) is 11.9 Å². The molecule has 0 bridgehead atoms. The molecule has 0 aromatic heterocycles. The normalized spacial score (nSPS) is 26.4. The van der Waals surface area contributed by atoms with Crippen molar-refractivity contribution >= 4 is 23.3 Å². The van der Waals surface area contributed by atoms with Crippen molar-refractivity contribution in [3.8, 4) is 5.75 Å². The number of ether oxygens (including phenoxy) is 3. The van der Waals surface area contributed by atoms with Crippen LogP contribution >= 0.6 is 11.6 Å². The van der Waals surface area contributed by atoms with Crippen LogP contribution in [0.2, 0.25) is 5.02 Å². The van der Waals surface area contributed by atoms with Crippen LogP contribution in [-0.2, 0) is 21.3 Å². The van der Waals surface area contributed by atoms with Crippen molar-refractivity contribution in [2.24, 2.45) is 5.92 Å². The van der Waals surface area contributed by atoms with Gasteiger partial charge in [0, 0.05) is 43.2 Å². The smallest absolute Gasteiger partial charge is 0.335 e. The predicted octanol–water partition coefficient (Wildman–Crippen LogP) is 5.12. The Morgan fingerprint density at radius 1 is 1.37 bits per heavy atom. The van der Waals surface area contributed by atoms with Crippen LogP contribution in [0.1, 0.15) is 40.7 Å². The predicted molar refractivity (Wildman–Crippen MR) is 136 cm³/mol. The molecular weight excluding hydrogens is 466 g/mol. The van der Waals surface area contributed by atoms with E-state index in [2.05, 4.69) is 23.6 Å². The van der Waals surface area contributed by atoms with Crippen molar-refractivity contribution in [1.82, 2.24) is 0 Å². The number of benzene rings is 2. The van der Waals surface area contributed by atoms with Crippen molar-refractivity contribution in [1.29, 1.82) is 0 Å². The van der Waals surface area contributed by atoms with Crippen LogP contribution in [0, 0.1) is 5.92 Å². The van der Waals surface area contributed by atoms with Crippen molar-refractivity contribution in [3.05, 3.63) is 70.8 Å². The Hall–Kier alpha value is -2.54. The van der Waals surface area contributed by atoms with Gasteiger partial charge in [-0.1, -0.05) is 23.7 Å². The molecule has 35 heavy (non-hydrogen) atoms. The Kier molecular flexibility index (Phi) is 6.80. The molecule has 0 radical (unpaired) electrons. The second-order valence-corrected chi connectivity index (χ2v) is 10.3. The number of rotatable bonds is 6. The largest absolute Gasteiger partial charge is 0.490 e. The maximum atomic E-state index is 11.8. The molecule has 1 aliphatic carbocycles. The van der Waals surface area contributed by atoms with Crippen LogP contribution < -0.4 is 9.64 Å². The van der Waals surface area contributed by atoms with E-state index in [0.717, 1.165) is 48.7 Å². The Labute approximate surface area is 211 Å². The summed E-state index contributed by atoms with van der Waals surface area (Å²) in [5.74, 6) is -0.0179. The van der Waals surface area contributed by atoms with Crippen LogP contribution in [0.5, 0.6) is 5.75 Å². The molecule has 2 aliphatic heterocycles. The lowest BCUT2D eigenvalue weighted by Gasteiger charge is -2.41. The van der Waals surface area contributed by atoms with E-state index in [4.69, 9.17) is 25.8 Å². The molecule has 2 heterocycles. The van der Waals surface area contributed by atoms with E-state index in [0.29, 0.717) is 19.8 Å². The van der Waals surface area contributed by atoms with Gasteiger partial charge in [0.15, 0.2) is 0 Å². The number of aromatic carboxylic acids is 1. The summed E-state index contributed by atoms with van der Waals surface area (Å²) in [5.41, 5.74) is 3.42. The van der Waals surface area contributed by atoms with Gasteiger partial charge in [0.2, 0.25) is 0 Å². The highest BCUT2D eigenvalue weighted by Gasteiger charge is 2.43. The highest BCUT2D eigenvalue weighted by molar-refractivity contribution is 6.30. The number of anilines is 1. The van der Waals surface area contributed by atoms with Gasteiger partial charge in [-0.25, -0.2) is 4.79 Å². The van der Waals surface area contributed by atoms with Crippen molar-refractivity contribution < 1.29 is 24.1 Å². The highest BCUT2D eigenvalue weighted by Crippen LogP contribution is 2.45. The lowest BCUT2D eigenvalue weighted by atomic mass is 9.70. The zero-order chi connectivity index (χ0) is 24.6. The second kappa shape index (κ2) is 9.84. The van der Waals surface area contributed by atoms with E-state index in [1.807, 2.05) is 6.07 Å². The summed E-state index contributed by atoms with van der Waals surface area (Å²) in [7, 11) is 1.68. The molecule has 1 N–H and O–H groups in total. The summed E-state index contributed by atoms with van der Waals surface area (Å²) < 4.78 is 18.1. The molecule has 7 heteroatoms. The second-order valence-electron chi connectivity index (χ2n) is 9.91. The monoisotopic (exact) mass is 497 g/mol. The number of carbonyl (C=O) groups is 1. The van der Waals surface area contributed by atoms with E-state index >= 15 is 0 Å². The average molecular weight is 498 g/mol. The van der Waals surface area contributed by atoms with E-state index in [1.165, 1.54) is 11.1 Å². The van der Waals surface area contributed by atoms with Gasteiger partial charge >= 0.3 is 5.97 Å². The topological polar surface area (TPSA) is 68.2 Å². The lowest BCUT2D eigenvalue weighted by Crippen LogP contribution is -2.48. The maximum Gasteiger partial charge on any atom is 0.335 e. The molecule has 1 fully saturated rings. The third-order valence-electron chi connectivity index (χ3n) is 7.83. The molecule has 0 amide bonds. The van der Waals surface area contributed by atoms with E-state index < -0.39 is 5.97 Å². The number of nitrogens with zero attached hydrogens (tertiary/aromatic N) is 1. The van der Waals surface area contributed by atoms with E-state index in [-0.39, 0.29) is 29.1 Å². The van der Waals surface area contributed by atoms with Gasteiger partial charge in [-0.05, 0) is 67.1 Å². The van der Waals surface area contributed by atoms with Crippen molar-refractivity contribution in [2.75, 3.05) is 38.3 Å². The average Bonchev–Trinajstić information content (AvgIpc) is 3.24. The van der Waals surface area contributed by atoms with Crippen LogP contribution in [0.25, 0.3) is 0 Å². The van der Waals surface area contributed by atoms with Crippen molar-refractivity contribution in [3.63, 3.8) is 0 Å². The third-order valence-corrected chi connectivity index (χ3v) is 8.07. The first-order chi connectivity index (χ1) is 16.9. The summed E-state index contributed by atoms with van der Waals surface area (Å²) >= 11 is 6.34. The standard InChI is InChI=1S/C28H32ClNO5/c1-3-24(33-2)26-20(10-12-34-26)15-30-16-28(11-4-5-18-13-21(29)7-8-22(18)28)17-35-25-9-6-19(27(31)32)14-23(25)30/h3,6-9,13-14,20,24,26H,1,4-5,10-12,15-17H2,2H3,(H,31,32)/t20-,24-,26+,28-/m0/s1. The molecule has 0 unspecified atom stereocenters. The number of hydrogen-bond acceptors (Lipinski definition) is 5. The first kappa shape index (κ1) is 24.2. The van der Waals surface area contributed by atoms with Crippen LogP contribution in [0.15, 0.2) is 49.1 Å². The molecule has 2 aromatic carbocycles. The van der Waals surface area contributed by atoms with Crippen LogP contribution in [0.3, 0.4) is 0 Å². The molecule has 5 rings (SSSR count). The van der Waals surface area contributed by atoms with Gasteiger partial charge in [0.25, 0.3) is 0 Å². The molecule has 186 valence electrons. The van der Waals surface area contributed by atoms with E-state index in [1.54, 1.807) is 31.4 Å². The lowest BCUT2D eigenvalue weighted by molar-refractivity contribution is -0.0170. The summed E-state index contributed by atoms with van der Waals surface area (Å²) in [5, 5.41) is 10.4. The number of carboxylic acids is 1. The number of hydrogen-bond donors (Lipinski definition) is 1. The molecule has 1 saturated heterocycles. The third kappa shape index (κ3) is 4.55. The minimum absolute atomic E-state index is 0.0961. The molecule has 1 spiro atoms. The summed E-state index contributed by atoms with van der Waals surface area (Å²) in [6.07, 6.45) is 5.47. The maximum absolute atomic E-state index is 11.8. The Morgan fingerprint density at radius 3 is 3.00 bits per heavy atom. The SMILES string of the molecule is C=C[C@H](OC)[C@@H]1OCC[C@H]1CN1C[C@@]2(CCCc3cc(Cl)ccc32)COc2ccc(C(=O)O)cc21. The summed E-state index contributed by atoms with van der Waals surface area (Å²) in [4.78, 5) is 14.1. The summed E-state index contributed by atoms with van der Waals surface area (Å²) in [6, 6.07) is 11.3. The zero-order valence-corrected chi connectivity index (χ0v) is 20.8. The number of aryl methyl sites for hydroxylation is 1. The first-order valence-electron chi connectivity index (χ1n) is 12.2. The molecule has 0 saturated carbocycles. The van der Waals surface area contributed by atoms with Gasteiger partial charge in [-0.2, -0.15) is 0 Å². The molecule has 4 atom stereocenters. The fraction of sp³-hybridized carbons (Fsp3) is 0.464. The minimum Gasteiger partial charge on any atom is -0.490 e. The van der Waals surface area contributed by atoms with Gasteiger partial charge in [-0.3, -0.25) is 0 Å². The minimum atomic E-state index is -0.947. The molecule has 3 aliphatic rings. The molecule has 2 aromatic rings.